The number of fused-ring (bicyclic) bond motifs is 5. The van der Waals surface area contributed by atoms with Crippen LogP contribution >= 0.6 is 0 Å². The zero-order valence-electron chi connectivity index (χ0n) is 13.9. The number of imidazole rings is 1. The molecule has 1 N–H and O–H groups in total. The Balaban J connectivity index is 1.79. The third-order valence-electron chi connectivity index (χ3n) is 4.65. The number of ether oxygens (including phenoxy) is 1. The minimum Gasteiger partial charge on any atom is -0.497 e. The molecule has 0 amide bonds. The van der Waals surface area contributed by atoms with Gasteiger partial charge in [-0.1, -0.05) is 0 Å². The van der Waals surface area contributed by atoms with Crippen molar-refractivity contribution in [3.63, 3.8) is 0 Å². The molecule has 7 heteroatoms. The summed E-state index contributed by atoms with van der Waals surface area (Å²) in [6, 6.07) is 6.06. The number of aryl methyl sites for hydroxylation is 1. The highest BCUT2D eigenvalue weighted by Crippen LogP contribution is 2.38. The van der Waals surface area contributed by atoms with Crippen LogP contribution in [-0.2, 0) is 13.5 Å². The van der Waals surface area contributed by atoms with Crippen LogP contribution in [0.2, 0.25) is 0 Å². The lowest BCUT2D eigenvalue weighted by Gasteiger charge is -2.11. The smallest absolute Gasteiger partial charge is 0.119 e. The van der Waals surface area contributed by atoms with Crippen molar-refractivity contribution in [2.24, 2.45) is 7.05 Å². The van der Waals surface area contributed by atoms with Gasteiger partial charge in [0.05, 0.1) is 42.3 Å². The molecule has 0 spiro atoms. The van der Waals surface area contributed by atoms with E-state index in [1.54, 1.807) is 11.8 Å². The second-order valence-electron chi connectivity index (χ2n) is 6.14. The van der Waals surface area contributed by atoms with Gasteiger partial charge in [-0.05, 0) is 18.2 Å². The fourth-order valence-corrected chi connectivity index (χ4v) is 3.45. The second kappa shape index (κ2) is 5.07. The van der Waals surface area contributed by atoms with Crippen LogP contribution in [0.4, 0.5) is 0 Å². The van der Waals surface area contributed by atoms with Crippen molar-refractivity contribution in [3.05, 3.63) is 54.4 Å². The lowest BCUT2D eigenvalue weighted by molar-refractivity contribution is 0.415. The molecule has 25 heavy (non-hydrogen) atoms. The van der Waals surface area contributed by atoms with Crippen LogP contribution in [0.15, 0.2) is 43.1 Å². The molecule has 0 saturated heterocycles. The first-order valence-corrected chi connectivity index (χ1v) is 8.01. The fraction of sp³-hybridized carbons (Fsp3) is 0.167. The van der Waals surface area contributed by atoms with Gasteiger partial charge in [0.15, 0.2) is 0 Å². The molecule has 3 aromatic heterocycles. The highest BCUT2D eigenvalue weighted by molar-refractivity contribution is 5.77. The Morgan fingerprint density at radius 3 is 2.96 bits per heavy atom. The van der Waals surface area contributed by atoms with Gasteiger partial charge in [-0.3, -0.25) is 9.78 Å². The standard InChI is InChI=1S/C18H16N6O/c1-23-9-12(8-21-23)18-16-5-11-7-20-22-17(11)14-6-13(25-2)3-4-15(14)24(16)10-19-18/h3-4,6-10H,5H2,1-2H3,(H,20,22). The minimum absolute atomic E-state index is 0.743. The highest BCUT2D eigenvalue weighted by Gasteiger charge is 2.24. The average Bonchev–Trinajstić information content (AvgIpc) is 3.34. The lowest BCUT2D eigenvalue weighted by atomic mass is 10.0. The summed E-state index contributed by atoms with van der Waals surface area (Å²) >= 11 is 0. The van der Waals surface area contributed by atoms with Crippen LogP contribution in [0.1, 0.15) is 11.3 Å². The normalized spacial score (nSPS) is 12.2. The van der Waals surface area contributed by atoms with Crippen molar-refractivity contribution in [1.82, 2.24) is 29.5 Å². The third-order valence-corrected chi connectivity index (χ3v) is 4.65. The number of benzene rings is 1. The van der Waals surface area contributed by atoms with Crippen LogP contribution in [0.3, 0.4) is 0 Å². The monoisotopic (exact) mass is 332 g/mol. The van der Waals surface area contributed by atoms with Crippen molar-refractivity contribution in [2.75, 3.05) is 7.11 Å². The number of aromatic nitrogens is 6. The van der Waals surface area contributed by atoms with Gasteiger partial charge in [0.1, 0.15) is 12.1 Å². The molecule has 0 fully saturated rings. The molecule has 1 aliphatic heterocycles. The summed E-state index contributed by atoms with van der Waals surface area (Å²) in [4.78, 5) is 4.67. The molecule has 7 nitrogen and oxygen atoms in total. The summed E-state index contributed by atoms with van der Waals surface area (Å²) in [7, 11) is 3.59. The maximum absolute atomic E-state index is 5.41. The quantitative estimate of drug-likeness (QED) is 0.539. The summed E-state index contributed by atoms with van der Waals surface area (Å²) < 4.78 is 9.34. The van der Waals surface area contributed by atoms with Crippen molar-refractivity contribution in [2.45, 2.75) is 6.42 Å². The molecule has 124 valence electrons. The predicted octanol–water partition coefficient (Wildman–Crippen LogP) is 2.58. The number of hydrogen-bond acceptors (Lipinski definition) is 4. The summed E-state index contributed by atoms with van der Waals surface area (Å²) in [5, 5.41) is 11.7. The van der Waals surface area contributed by atoms with E-state index in [2.05, 4.69) is 30.9 Å². The number of rotatable bonds is 2. The topological polar surface area (TPSA) is 73.6 Å². The number of aromatic amines is 1. The molecular formula is C18H16N6O. The number of methoxy groups -OCH3 is 1. The van der Waals surface area contributed by atoms with Crippen molar-refractivity contribution in [1.29, 1.82) is 0 Å². The van der Waals surface area contributed by atoms with Crippen LogP contribution in [0.25, 0.3) is 28.2 Å². The summed E-state index contributed by atoms with van der Waals surface area (Å²) in [6.07, 6.45) is 8.34. The summed E-state index contributed by atoms with van der Waals surface area (Å²) in [5.41, 5.74) is 7.36. The van der Waals surface area contributed by atoms with Gasteiger partial charge in [0, 0.05) is 36.4 Å². The Morgan fingerprint density at radius 1 is 1.24 bits per heavy atom. The summed E-state index contributed by atoms with van der Waals surface area (Å²) in [6.45, 7) is 0. The Morgan fingerprint density at radius 2 is 2.16 bits per heavy atom. The molecule has 0 atom stereocenters. The van der Waals surface area contributed by atoms with Gasteiger partial charge in [0.25, 0.3) is 0 Å². The van der Waals surface area contributed by atoms with Crippen LogP contribution in [-0.4, -0.2) is 36.6 Å². The first-order valence-electron chi connectivity index (χ1n) is 8.01. The Bertz CT molecular complexity index is 1090. The van der Waals surface area contributed by atoms with Gasteiger partial charge in [0.2, 0.25) is 0 Å². The van der Waals surface area contributed by atoms with E-state index < -0.39 is 0 Å². The molecule has 1 aromatic carbocycles. The van der Waals surface area contributed by atoms with E-state index in [0.717, 1.165) is 51.6 Å². The summed E-state index contributed by atoms with van der Waals surface area (Å²) in [5.74, 6) is 0.815. The maximum atomic E-state index is 5.41. The van der Waals surface area contributed by atoms with Gasteiger partial charge in [-0.25, -0.2) is 4.98 Å². The second-order valence-corrected chi connectivity index (χ2v) is 6.14. The molecule has 4 aromatic rings. The van der Waals surface area contributed by atoms with E-state index in [0.29, 0.717) is 0 Å². The first-order chi connectivity index (χ1) is 12.2. The minimum atomic E-state index is 0.743. The van der Waals surface area contributed by atoms with Gasteiger partial charge in [-0.15, -0.1) is 0 Å². The Kier molecular flexibility index (Phi) is 2.85. The molecule has 0 aliphatic carbocycles. The van der Waals surface area contributed by atoms with E-state index in [-0.39, 0.29) is 0 Å². The Hall–Kier alpha value is -3.35. The predicted molar refractivity (Wildman–Crippen MR) is 92.7 cm³/mol. The highest BCUT2D eigenvalue weighted by atomic mass is 16.5. The van der Waals surface area contributed by atoms with E-state index >= 15 is 0 Å². The number of nitrogens with one attached hydrogen (secondary N) is 1. The molecule has 0 unspecified atom stereocenters. The molecule has 0 saturated carbocycles. The van der Waals surface area contributed by atoms with Crippen molar-refractivity contribution in [3.8, 4) is 34.0 Å². The van der Waals surface area contributed by atoms with Crippen LogP contribution in [0, 0.1) is 0 Å². The maximum Gasteiger partial charge on any atom is 0.119 e. The average molecular weight is 332 g/mol. The molecule has 4 heterocycles. The number of H-pyrrole nitrogens is 1. The largest absolute Gasteiger partial charge is 0.497 e. The van der Waals surface area contributed by atoms with E-state index in [4.69, 9.17) is 4.74 Å². The van der Waals surface area contributed by atoms with Crippen LogP contribution < -0.4 is 4.74 Å². The zero-order chi connectivity index (χ0) is 17.0. The van der Waals surface area contributed by atoms with E-state index in [1.165, 1.54) is 0 Å². The Labute approximate surface area is 143 Å². The molecule has 1 aliphatic rings. The van der Waals surface area contributed by atoms with Crippen molar-refractivity contribution >= 4 is 0 Å². The van der Waals surface area contributed by atoms with Crippen LogP contribution in [0.5, 0.6) is 5.75 Å². The van der Waals surface area contributed by atoms with Gasteiger partial charge < -0.3 is 9.30 Å². The van der Waals surface area contributed by atoms with E-state index in [1.807, 2.05) is 44.1 Å². The van der Waals surface area contributed by atoms with Crippen molar-refractivity contribution < 1.29 is 4.74 Å². The number of hydrogen-bond donors (Lipinski definition) is 1. The third kappa shape index (κ3) is 2.02. The number of nitrogens with zero attached hydrogens (tertiary/aromatic N) is 5. The van der Waals surface area contributed by atoms with Gasteiger partial charge >= 0.3 is 0 Å². The van der Waals surface area contributed by atoms with Gasteiger partial charge in [-0.2, -0.15) is 10.2 Å². The molecule has 5 rings (SSSR count). The SMILES string of the molecule is COc1ccc2c(c1)-c1[nH]ncc1Cc1c(-c3cnn(C)c3)ncn1-2. The zero-order valence-corrected chi connectivity index (χ0v) is 13.9. The molecular weight excluding hydrogens is 316 g/mol. The molecule has 0 radical (unpaired) electrons. The fourth-order valence-electron chi connectivity index (χ4n) is 3.45. The lowest BCUT2D eigenvalue weighted by Crippen LogP contribution is -1.99. The molecule has 0 bridgehead atoms. The first kappa shape index (κ1) is 14.0. The van der Waals surface area contributed by atoms with E-state index in [9.17, 15) is 0 Å².